The number of hydrogen-bond donors (Lipinski definition) is 2. The Hall–Kier alpha value is -4.18. The predicted molar refractivity (Wildman–Crippen MR) is 132 cm³/mol. The van der Waals surface area contributed by atoms with Crippen LogP contribution in [0.3, 0.4) is 0 Å². The third kappa shape index (κ3) is 3.57. The van der Waals surface area contributed by atoms with Crippen molar-refractivity contribution in [3.05, 3.63) is 55.0 Å². The molecule has 6 rings (SSSR count). The maximum Gasteiger partial charge on any atom is 0.239 e. The summed E-state index contributed by atoms with van der Waals surface area (Å²) in [7, 11) is 3.76. The summed E-state index contributed by atoms with van der Waals surface area (Å²) >= 11 is 0. The molecule has 0 bridgehead atoms. The van der Waals surface area contributed by atoms with Crippen molar-refractivity contribution in [3.8, 4) is 11.7 Å². The number of nitrogens with zero attached hydrogens (tertiary/aromatic N) is 7. The van der Waals surface area contributed by atoms with Crippen molar-refractivity contribution >= 4 is 39.5 Å². The van der Waals surface area contributed by atoms with E-state index in [4.69, 9.17) is 14.7 Å². The molecule has 1 aromatic carbocycles. The number of benzene rings is 1. The van der Waals surface area contributed by atoms with Gasteiger partial charge in [0, 0.05) is 32.4 Å². The van der Waals surface area contributed by atoms with Crippen molar-refractivity contribution in [2.24, 2.45) is 0 Å². The fourth-order valence-corrected chi connectivity index (χ4v) is 4.31. The van der Waals surface area contributed by atoms with Gasteiger partial charge >= 0.3 is 0 Å². The van der Waals surface area contributed by atoms with Crippen LogP contribution in [0, 0.1) is 0 Å². The summed E-state index contributed by atoms with van der Waals surface area (Å²) in [5.41, 5.74) is 3.31. The Bertz CT molecular complexity index is 1470. The molecule has 0 unspecified atom stereocenters. The summed E-state index contributed by atoms with van der Waals surface area (Å²) in [5, 5.41) is 4.21. The molecule has 0 saturated carbocycles. The van der Waals surface area contributed by atoms with E-state index in [9.17, 15) is 0 Å². The first-order chi connectivity index (χ1) is 16.7. The van der Waals surface area contributed by atoms with Crippen LogP contribution in [-0.2, 0) is 0 Å². The van der Waals surface area contributed by atoms with E-state index >= 15 is 0 Å². The van der Waals surface area contributed by atoms with Gasteiger partial charge in [-0.25, -0.2) is 4.98 Å². The van der Waals surface area contributed by atoms with Gasteiger partial charge in [-0.1, -0.05) is 12.1 Å². The molecule has 0 spiro atoms. The Morgan fingerprint density at radius 1 is 0.971 bits per heavy atom. The van der Waals surface area contributed by atoms with Crippen LogP contribution in [0.1, 0.15) is 0 Å². The molecule has 5 aromatic rings. The molecule has 1 aliphatic heterocycles. The maximum absolute atomic E-state index is 5.61. The van der Waals surface area contributed by atoms with Crippen LogP contribution in [0.4, 0.5) is 17.5 Å². The second-order valence-corrected chi connectivity index (χ2v) is 8.36. The lowest BCUT2D eigenvalue weighted by Gasteiger charge is -2.33. The number of ether oxygens (including phenoxy) is 1. The number of piperazine rings is 1. The number of rotatable bonds is 5. The number of methoxy groups -OCH3 is 1. The van der Waals surface area contributed by atoms with E-state index in [-0.39, 0.29) is 0 Å². The molecule has 172 valence electrons. The van der Waals surface area contributed by atoms with Crippen LogP contribution in [0.2, 0.25) is 0 Å². The summed E-state index contributed by atoms with van der Waals surface area (Å²) < 4.78 is 7.59. The average Bonchev–Trinajstić information content (AvgIpc) is 3.51. The van der Waals surface area contributed by atoms with Crippen molar-refractivity contribution in [2.45, 2.75) is 0 Å². The highest BCUT2D eigenvalue weighted by Crippen LogP contribution is 2.30. The molecule has 1 saturated heterocycles. The lowest BCUT2D eigenvalue weighted by Crippen LogP contribution is -2.44. The SMILES string of the molecule is COc1nc(N2CCN(C)CC2)ccc1Nc1nc(-n2cnc3ccccc32)c2cc[nH]c2n1. The van der Waals surface area contributed by atoms with E-state index in [0.717, 1.165) is 59.9 Å². The van der Waals surface area contributed by atoms with Crippen molar-refractivity contribution < 1.29 is 4.74 Å². The lowest BCUT2D eigenvalue weighted by molar-refractivity contribution is 0.311. The summed E-state index contributed by atoms with van der Waals surface area (Å²) in [5.74, 6) is 2.58. The topological polar surface area (TPSA) is 100 Å². The molecule has 2 N–H and O–H groups in total. The Morgan fingerprint density at radius 2 is 1.82 bits per heavy atom. The molecule has 0 aliphatic carbocycles. The third-order valence-corrected chi connectivity index (χ3v) is 6.19. The quantitative estimate of drug-likeness (QED) is 0.417. The Morgan fingerprint density at radius 3 is 2.68 bits per heavy atom. The molecule has 1 fully saturated rings. The Labute approximate surface area is 196 Å². The Balaban J connectivity index is 1.36. The maximum atomic E-state index is 5.61. The third-order valence-electron chi connectivity index (χ3n) is 6.19. The molecule has 0 radical (unpaired) electrons. The minimum Gasteiger partial charge on any atom is -0.479 e. The second kappa shape index (κ2) is 8.31. The number of hydrogen-bond acceptors (Lipinski definition) is 8. The standard InChI is InChI=1S/C24H25N9O/c1-31-11-13-32(14-12-31)20-8-7-18(23(28-20)34-2)27-24-29-21-16(9-10-25-21)22(30-24)33-15-26-17-5-3-4-6-19(17)33/h3-10,15H,11-14H2,1-2H3,(H2,25,27,29,30). The number of nitrogens with one attached hydrogen (secondary N) is 2. The van der Waals surface area contributed by atoms with Gasteiger partial charge in [-0.2, -0.15) is 15.0 Å². The zero-order chi connectivity index (χ0) is 23.1. The number of imidazole rings is 1. The van der Waals surface area contributed by atoms with Crippen LogP contribution in [0.15, 0.2) is 55.0 Å². The number of aromatic nitrogens is 6. The van der Waals surface area contributed by atoms with E-state index in [0.29, 0.717) is 17.5 Å². The van der Waals surface area contributed by atoms with E-state index in [1.807, 2.05) is 53.2 Å². The van der Waals surface area contributed by atoms with Crippen LogP contribution in [0.5, 0.6) is 5.88 Å². The van der Waals surface area contributed by atoms with Gasteiger partial charge in [-0.05, 0) is 37.4 Å². The number of fused-ring (bicyclic) bond motifs is 2. The first kappa shape index (κ1) is 20.4. The summed E-state index contributed by atoms with van der Waals surface area (Å²) in [4.78, 5) is 26.6. The van der Waals surface area contributed by atoms with Gasteiger partial charge in [0.15, 0.2) is 5.82 Å². The highest BCUT2D eigenvalue weighted by molar-refractivity contribution is 5.87. The van der Waals surface area contributed by atoms with Gasteiger partial charge in [0.2, 0.25) is 11.8 Å². The molecule has 10 heteroatoms. The molecule has 10 nitrogen and oxygen atoms in total. The average molecular weight is 456 g/mol. The van der Waals surface area contributed by atoms with Crippen molar-refractivity contribution in [3.63, 3.8) is 0 Å². The molecule has 0 atom stereocenters. The van der Waals surface area contributed by atoms with E-state index in [2.05, 4.69) is 37.1 Å². The van der Waals surface area contributed by atoms with Crippen LogP contribution >= 0.6 is 0 Å². The molecule has 4 aromatic heterocycles. The molecule has 1 aliphatic rings. The number of aromatic amines is 1. The fraction of sp³-hybridized carbons (Fsp3) is 0.250. The number of para-hydroxylation sites is 2. The molecule has 34 heavy (non-hydrogen) atoms. The molecular weight excluding hydrogens is 430 g/mol. The Kier molecular flexibility index (Phi) is 4.99. The van der Waals surface area contributed by atoms with Gasteiger partial charge in [0.25, 0.3) is 0 Å². The number of likely N-dealkylation sites (N-methyl/N-ethyl adjacent to an activating group) is 1. The van der Waals surface area contributed by atoms with Crippen molar-refractivity contribution in [2.75, 3.05) is 50.6 Å². The van der Waals surface area contributed by atoms with Crippen LogP contribution < -0.4 is 15.0 Å². The van der Waals surface area contributed by atoms with Crippen LogP contribution in [0.25, 0.3) is 27.9 Å². The number of anilines is 3. The van der Waals surface area contributed by atoms with Gasteiger partial charge < -0.3 is 24.8 Å². The normalized spacial score (nSPS) is 14.7. The lowest BCUT2D eigenvalue weighted by atomic mass is 10.3. The highest BCUT2D eigenvalue weighted by atomic mass is 16.5. The van der Waals surface area contributed by atoms with Crippen molar-refractivity contribution in [1.29, 1.82) is 0 Å². The van der Waals surface area contributed by atoms with Crippen LogP contribution in [-0.4, -0.2) is 74.7 Å². The van der Waals surface area contributed by atoms with Gasteiger partial charge in [0.1, 0.15) is 23.5 Å². The van der Waals surface area contributed by atoms with E-state index in [1.54, 1.807) is 13.4 Å². The van der Waals surface area contributed by atoms with Gasteiger partial charge in [-0.3, -0.25) is 4.57 Å². The zero-order valence-electron chi connectivity index (χ0n) is 19.1. The largest absolute Gasteiger partial charge is 0.479 e. The first-order valence-corrected chi connectivity index (χ1v) is 11.2. The molecule has 0 amide bonds. The minimum absolute atomic E-state index is 0.440. The molecule has 5 heterocycles. The summed E-state index contributed by atoms with van der Waals surface area (Å²) in [6, 6.07) is 13.9. The monoisotopic (exact) mass is 455 g/mol. The smallest absolute Gasteiger partial charge is 0.239 e. The minimum atomic E-state index is 0.440. The highest BCUT2D eigenvalue weighted by Gasteiger charge is 2.18. The van der Waals surface area contributed by atoms with Crippen molar-refractivity contribution in [1.82, 2.24) is 34.4 Å². The second-order valence-electron chi connectivity index (χ2n) is 8.36. The van der Waals surface area contributed by atoms with Gasteiger partial charge in [-0.15, -0.1) is 0 Å². The number of H-pyrrole nitrogens is 1. The van der Waals surface area contributed by atoms with E-state index < -0.39 is 0 Å². The first-order valence-electron chi connectivity index (χ1n) is 11.2. The predicted octanol–water partition coefficient (Wildman–Crippen LogP) is 3.20. The van der Waals surface area contributed by atoms with Gasteiger partial charge in [0.05, 0.1) is 23.5 Å². The summed E-state index contributed by atoms with van der Waals surface area (Å²) in [6.45, 7) is 3.90. The van der Waals surface area contributed by atoms with E-state index in [1.165, 1.54) is 0 Å². The molecular formula is C24H25N9O. The fourth-order valence-electron chi connectivity index (χ4n) is 4.31. The number of pyridine rings is 1. The zero-order valence-corrected chi connectivity index (χ0v) is 19.1. The summed E-state index contributed by atoms with van der Waals surface area (Å²) in [6.07, 6.45) is 3.65.